The third kappa shape index (κ3) is 16.5. The Balaban J connectivity index is 2.57. The molecule has 2 rings (SSSR count). The lowest BCUT2D eigenvalue weighted by Crippen LogP contribution is -2.50. The van der Waals surface area contributed by atoms with Crippen LogP contribution in [0.5, 0.6) is 5.75 Å². The maximum absolute atomic E-state index is 14.1. The fourth-order valence-corrected chi connectivity index (χ4v) is 7.02. The predicted octanol–water partition coefficient (Wildman–Crippen LogP) is 8.11. The van der Waals surface area contributed by atoms with Crippen LogP contribution in [0.1, 0.15) is 145 Å². The molecule has 0 amide bonds. The van der Waals surface area contributed by atoms with Gasteiger partial charge in [-0.1, -0.05) is 82.2 Å². The van der Waals surface area contributed by atoms with Gasteiger partial charge >= 0.3 is 35.5 Å². The van der Waals surface area contributed by atoms with E-state index in [9.17, 15) is 28.8 Å². The number of rotatable bonds is 20. The number of carbonyl (C=O) groups excluding carboxylic acids is 5. The van der Waals surface area contributed by atoms with Gasteiger partial charge < -0.3 is 32.8 Å². The van der Waals surface area contributed by atoms with Crippen molar-refractivity contribution in [1.29, 1.82) is 0 Å². The molecule has 0 spiro atoms. The molecular weight excluding hydrogens is 736 g/mol. The van der Waals surface area contributed by atoms with Gasteiger partial charge in [0.15, 0.2) is 6.10 Å². The predicted molar refractivity (Wildman–Crippen MR) is 213 cm³/mol. The Bertz CT molecular complexity index is 1700. The number of ether oxygens (including phenoxy) is 6. The first-order chi connectivity index (χ1) is 26.6. The molecule has 1 aromatic rings. The molecule has 1 aliphatic rings. The van der Waals surface area contributed by atoms with Gasteiger partial charge in [0, 0.05) is 47.1 Å². The summed E-state index contributed by atoms with van der Waals surface area (Å²) in [5, 5.41) is 0. The van der Waals surface area contributed by atoms with Crippen LogP contribution in [0, 0.1) is 11.8 Å². The Kier molecular flexibility index (Phi) is 19.6. The second-order valence-corrected chi connectivity index (χ2v) is 15.8. The summed E-state index contributed by atoms with van der Waals surface area (Å²) in [5.74, 6) is -2.99. The van der Waals surface area contributed by atoms with E-state index in [1.807, 2.05) is 13.0 Å². The Morgan fingerprint density at radius 2 is 1.54 bits per heavy atom. The average Bonchev–Trinajstić information content (AvgIpc) is 3.07. The lowest BCUT2D eigenvalue weighted by molar-refractivity contribution is -0.215. The molecule has 13 heteroatoms. The number of allylic oxidation sites excluding steroid dienone is 5. The molecule has 0 radical (unpaired) electrons. The van der Waals surface area contributed by atoms with Crippen molar-refractivity contribution in [1.82, 2.24) is 0 Å². The van der Waals surface area contributed by atoms with E-state index in [-0.39, 0.29) is 36.0 Å². The van der Waals surface area contributed by atoms with Crippen molar-refractivity contribution in [3.63, 3.8) is 0 Å². The molecule has 57 heavy (non-hydrogen) atoms. The fraction of sp³-hybridized carbons (Fsp3) is 0.636. The van der Waals surface area contributed by atoms with Crippen LogP contribution in [0.25, 0.3) is 0 Å². The minimum Gasteiger partial charge on any atom is -0.463 e. The molecule has 318 valence electrons. The van der Waals surface area contributed by atoms with Crippen molar-refractivity contribution in [3.05, 3.63) is 63.3 Å². The maximum Gasteiger partial charge on any atom is 0.345 e. The zero-order chi connectivity index (χ0) is 43.0. The highest BCUT2D eigenvalue weighted by molar-refractivity contribution is 5.70. The average molecular weight is 801 g/mol. The Morgan fingerprint density at radius 1 is 0.877 bits per heavy atom. The molecule has 2 heterocycles. The van der Waals surface area contributed by atoms with Gasteiger partial charge in [0.2, 0.25) is 0 Å². The van der Waals surface area contributed by atoms with E-state index >= 15 is 0 Å². The zero-order valence-electron chi connectivity index (χ0n) is 35.9. The number of esters is 5. The Hall–Kier alpha value is -4.52. The molecule has 0 aliphatic carbocycles. The molecule has 0 N–H and O–H groups in total. The van der Waals surface area contributed by atoms with E-state index in [2.05, 4.69) is 39.8 Å². The number of carbonyl (C=O) groups is 5. The fourth-order valence-electron chi connectivity index (χ4n) is 7.02. The monoisotopic (exact) mass is 800 g/mol. The van der Waals surface area contributed by atoms with E-state index in [1.54, 1.807) is 19.9 Å². The van der Waals surface area contributed by atoms with Crippen LogP contribution in [0.2, 0.25) is 0 Å². The normalized spacial score (nSPS) is 20.6. The molecule has 1 fully saturated rings. The van der Waals surface area contributed by atoms with Gasteiger partial charge in [0.1, 0.15) is 42.0 Å². The van der Waals surface area contributed by atoms with Gasteiger partial charge in [-0.2, -0.15) is 0 Å². The van der Waals surface area contributed by atoms with Crippen LogP contribution >= 0.6 is 0 Å². The molecule has 13 nitrogen and oxygen atoms in total. The minimum absolute atomic E-state index is 0.00591. The summed E-state index contributed by atoms with van der Waals surface area (Å²) in [5.41, 5.74) is -0.338. The van der Waals surface area contributed by atoms with Crippen LogP contribution < -0.4 is 10.4 Å². The highest BCUT2D eigenvalue weighted by Crippen LogP contribution is 2.41. The first-order valence-corrected chi connectivity index (χ1v) is 19.9. The molecule has 0 bridgehead atoms. The van der Waals surface area contributed by atoms with Crippen LogP contribution in [0.3, 0.4) is 0 Å². The van der Waals surface area contributed by atoms with Gasteiger partial charge in [-0.15, -0.1) is 0 Å². The van der Waals surface area contributed by atoms with Gasteiger partial charge in [0.25, 0.3) is 0 Å². The third-order valence-corrected chi connectivity index (χ3v) is 9.55. The van der Waals surface area contributed by atoms with Gasteiger partial charge in [-0.3, -0.25) is 24.0 Å². The molecule has 1 aromatic heterocycles. The van der Waals surface area contributed by atoms with Gasteiger partial charge in [-0.25, -0.2) is 4.79 Å². The molecule has 7 atom stereocenters. The molecule has 1 saturated heterocycles. The van der Waals surface area contributed by atoms with Crippen LogP contribution in [-0.2, 0) is 53.1 Å². The maximum atomic E-state index is 14.1. The van der Waals surface area contributed by atoms with E-state index < -0.39 is 71.4 Å². The molecule has 3 unspecified atom stereocenters. The summed E-state index contributed by atoms with van der Waals surface area (Å²) < 4.78 is 39.5. The quantitative estimate of drug-likeness (QED) is 0.0408. The molecule has 0 saturated carbocycles. The van der Waals surface area contributed by atoms with E-state index in [0.29, 0.717) is 5.92 Å². The molecular formula is C44H64O13. The van der Waals surface area contributed by atoms with E-state index in [4.69, 9.17) is 32.8 Å². The van der Waals surface area contributed by atoms with Crippen molar-refractivity contribution >= 4 is 29.8 Å². The van der Waals surface area contributed by atoms with Crippen molar-refractivity contribution in [3.8, 4) is 5.75 Å². The second kappa shape index (κ2) is 23.0. The summed E-state index contributed by atoms with van der Waals surface area (Å²) in [4.78, 5) is 75.0. The standard InChI is InChI=1S/C44H64O13/c1-13-14-15-16-17-26(2)20-28(4)22-29(5)21-27(3)18-19-38(54-33(9)48)44(11,12)39-24-36(52-31(7)46)40(43(50)57-39)42-41(55-34(10)49)37(53-32(8)47)23-35(56-42)25-51-30(6)45/h18-19,21-22,24,26,29,35,37-38,41-42H,13-17,20,23,25H2,1-12H3/b19-18+,27-21+,28-22-/t26?,29?,35-,37-,38?,41+,42-/m1/s1. The van der Waals surface area contributed by atoms with Crippen molar-refractivity contribution in [2.45, 2.75) is 164 Å². The first kappa shape index (κ1) is 48.6. The summed E-state index contributed by atoms with van der Waals surface area (Å²) in [6.45, 7) is 19.7. The van der Waals surface area contributed by atoms with Crippen LogP contribution in [0.4, 0.5) is 0 Å². The lowest BCUT2D eigenvalue weighted by atomic mass is 9.82. The number of hydrogen-bond donors (Lipinski definition) is 0. The third-order valence-electron chi connectivity index (χ3n) is 9.55. The highest BCUT2D eigenvalue weighted by Gasteiger charge is 2.47. The zero-order valence-corrected chi connectivity index (χ0v) is 35.9. The molecule has 0 aromatic carbocycles. The number of unbranched alkanes of at least 4 members (excludes halogenated alkanes) is 3. The van der Waals surface area contributed by atoms with Crippen molar-refractivity contribution in [2.75, 3.05) is 6.61 Å². The van der Waals surface area contributed by atoms with Gasteiger partial charge in [-0.05, 0) is 52.0 Å². The minimum atomic E-state index is -1.50. The Morgan fingerprint density at radius 3 is 2.12 bits per heavy atom. The van der Waals surface area contributed by atoms with Crippen LogP contribution in [0.15, 0.2) is 50.7 Å². The smallest absolute Gasteiger partial charge is 0.345 e. The summed E-state index contributed by atoms with van der Waals surface area (Å²) in [6, 6.07) is 1.32. The van der Waals surface area contributed by atoms with Crippen molar-refractivity contribution < 1.29 is 56.8 Å². The first-order valence-electron chi connectivity index (χ1n) is 19.9. The van der Waals surface area contributed by atoms with E-state index in [0.717, 1.165) is 32.8 Å². The summed E-state index contributed by atoms with van der Waals surface area (Å²) in [7, 11) is 0. The Labute approximate surface area is 337 Å². The topological polar surface area (TPSA) is 171 Å². The lowest BCUT2D eigenvalue weighted by Gasteiger charge is -2.40. The second-order valence-electron chi connectivity index (χ2n) is 15.8. The van der Waals surface area contributed by atoms with Crippen LogP contribution in [-0.4, -0.2) is 60.9 Å². The number of hydrogen-bond acceptors (Lipinski definition) is 13. The molecule has 1 aliphatic heterocycles. The van der Waals surface area contributed by atoms with Gasteiger partial charge in [0.05, 0.1) is 11.5 Å². The highest BCUT2D eigenvalue weighted by atomic mass is 16.6. The summed E-state index contributed by atoms with van der Waals surface area (Å²) in [6.07, 6.45) is 9.22. The van der Waals surface area contributed by atoms with Crippen molar-refractivity contribution in [2.24, 2.45) is 11.8 Å². The summed E-state index contributed by atoms with van der Waals surface area (Å²) >= 11 is 0. The SMILES string of the molecule is CCCCCCC(C)C/C(C)=C\C(C)/C=C(C)/C=C/C(OC(C)=O)C(C)(C)c1cc(OC(C)=O)c([C@H]2O[C@@H](COC(C)=O)C[C@@H](OC(C)=O)[C@@H]2OC(C)=O)c(=O)o1. The van der Waals surface area contributed by atoms with E-state index in [1.165, 1.54) is 57.6 Å². The largest absolute Gasteiger partial charge is 0.463 e.